The fourth-order valence-corrected chi connectivity index (χ4v) is 0.447. The highest BCUT2D eigenvalue weighted by molar-refractivity contribution is 6.30. The van der Waals surface area contributed by atoms with Crippen LogP contribution in [0.4, 0.5) is 0 Å². The molecule has 0 aromatic rings. The van der Waals surface area contributed by atoms with Gasteiger partial charge in [-0.05, 0) is 13.1 Å². The molecule has 1 nitrogen and oxygen atoms in total. The number of halogens is 1. The molecule has 0 heterocycles. The predicted molar refractivity (Wildman–Crippen MR) is 41.8 cm³/mol. The molecular formula is C7H8ClN. The Balaban J connectivity index is 3.66. The zero-order valence-corrected chi connectivity index (χ0v) is 6.02. The van der Waals surface area contributed by atoms with Gasteiger partial charge in [-0.3, -0.25) is 4.99 Å². The minimum Gasteiger partial charge on any atom is -0.292 e. The van der Waals surface area contributed by atoms with Crippen molar-refractivity contribution in [2.45, 2.75) is 6.92 Å². The van der Waals surface area contributed by atoms with Crippen molar-refractivity contribution in [3.05, 3.63) is 11.1 Å². The highest BCUT2D eigenvalue weighted by Gasteiger charge is 1.83. The van der Waals surface area contributed by atoms with E-state index in [1.54, 1.807) is 6.21 Å². The number of hydrogen-bond acceptors (Lipinski definition) is 1. The van der Waals surface area contributed by atoms with E-state index in [2.05, 4.69) is 10.9 Å². The molecule has 0 spiro atoms. The summed E-state index contributed by atoms with van der Waals surface area (Å²) < 4.78 is 0. The molecule has 0 bridgehead atoms. The molecule has 0 amide bonds. The van der Waals surface area contributed by atoms with Crippen molar-refractivity contribution in [3.8, 4) is 12.3 Å². The highest BCUT2D eigenvalue weighted by Crippen LogP contribution is 1.98. The summed E-state index contributed by atoms with van der Waals surface area (Å²) in [4.78, 5) is 3.87. The Morgan fingerprint density at radius 1 is 1.89 bits per heavy atom. The maximum absolute atomic E-state index is 5.56. The van der Waals surface area contributed by atoms with Gasteiger partial charge in [-0.1, -0.05) is 17.5 Å². The molecule has 0 aliphatic carbocycles. The number of rotatable bonds is 2. The maximum Gasteiger partial charge on any atom is 0.0748 e. The first-order chi connectivity index (χ1) is 4.31. The number of aliphatic imine (C=N–C) groups is 1. The molecule has 0 fully saturated rings. The Morgan fingerprint density at radius 2 is 2.56 bits per heavy atom. The third-order valence-electron chi connectivity index (χ3n) is 0.665. The third-order valence-corrected chi connectivity index (χ3v) is 0.893. The second-order valence-electron chi connectivity index (χ2n) is 1.36. The average molecular weight is 142 g/mol. The van der Waals surface area contributed by atoms with Crippen LogP contribution in [-0.4, -0.2) is 12.8 Å². The molecule has 0 radical (unpaired) electrons. The Kier molecular flexibility index (Phi) is 4.95. The van der Waals surface area contributed by atoms with Gasteiger partial charge in [0.2, 0.25) is 0 Å². The van der Waals surface area contributed by atoms with Crippen molar-refractivity contribution in [3.63, 3.8) is 0 Å². The van der Waals surface area contributed by atoms with Crippen LogP contribution in [0.2, 0.25) is 0 Å². The molecular weight excluding hydrogens is 134 g/mol. The summed E-state index contributed by atoms with van der Waals surface area (Å²) in [5.41, 5.74) is 0. The summed E-state index contributed by atoms with van der Waals surface area (Å²) in [5, 5.41) is 0.593. The summed E-state index contributed by atoms with van der Waals surface area (Å²) in [7, 11) is 0. The summed E-state index contributed by atoms with van der Waals surface area (Å²) in [6.45, 7) is 2.32. The van der Waals surface area contributed by atoms with E-state index in [1.165, 1.54) is 6.08 Å². The van der Waals surface area contributed by atoms with Crippen LogP contribution in [0.5, 0.6) is 0 Å². The van der Waals surface area contributed by atoms with Gasteiger partial charge in [0.05, 0.1) is 6.54 Å². The summed E-state index contributed by atoms with van der Waals surface area (Å²) in [6.07, 6.45) is 8.12. The van der Waals surface area contributed by atoms with Crippen LogP contribution in [-0.2, 0) is 0 Å². The smallest absolute Gasteiger partial charge is 0.0748 e. The lowest BCUT2D eigenvalue weighted by Gasteiger charge is -1.85. The van der Waals surface area contributed by atoms with Crippen LogP contribution >= 0.6 is 11.6 Å². The lowest BCUT2D eigenvalue weighted by Crippen LogP contribution is -1.77. The fourth-order valence-electron chi connectivity index (χ4n) is 0.315. The van der Waals surface area contributed by atoms with Crippen LogP contribution in [0, 0.1) is 12.3 Å². The van der Waals surface area contributed by atoms with Crippen molar-refractivity contribution in [2.24, 2.45) is 4.99 Å². The maximum atomic E-state index is 5.56. The van der Waals surface area contributed by atoms with Gasteiger partial charge in [-0.25, -0.2) is 0 Å². The number of nitrogens with zero attached hydrogens (tertiary/aromatic N) is 1. The predicted octanol–water partition coefficient (Wildman–Crippen LogP) is 1.83. The van der Waals surface area contributed by atoms with Crippen molar-refractivity contribution < 1.29 is 0 Å². The monoisotopic (exact) mass is 141 g/mol. The molecule has 0 saturated heterocycles. The molecule has 0 saturated carbocycles. The Hall–Kier alpha value is -0.740. The van der Waals surface area contributed by atoms with Crippen LogP contribution in [0.15, 0.2) is 16.1 Å². The second kappa shape index (κ2) is 5.40. The van der Waals surface area contributed by atoms with Gasteiger partial charge in [0, 0.05) is 11.1 Å². The topological polar surface area (TPSA) is 12.4 Å². The summed E-state index contributed by atoms with van der Waals surface area (Å²) in [6, 6.07) is 0. The molecule has 2 heteroatoms. The van der Waals surface area contributed by atoms with Gasteiger partial charge in [0.1, 0.15) is 0 Å². The highest BCUT2D eigenvalue weighted by atomic mass is 35.5. The van der Waals surface area contributed by atoms with Gasteiger partial charge in [0.15, 0.2) is 0 Å². The van der Waals surface area contributed by atoms with E-state index in [0.29, 0.717) is 11.6 Å². The summed E-state index contributed by atoms with van der Waals surface area (Å²) >= 11 is 5.56. The lowest BCUT2D eigenvalue weighted by atomic mass is 10.5. The first kappa shape index (κ1) is 8.26. The Bertz CT molecular complexity index is 162. The molecule has 48 valence electrons. The largest absolute Gasteiger partial charge is 0.292 e. The van der Waals surface area contributed by atoms with Crippen molar-refractivity contribution in [1.29, 1.82) is 0 Å². The molecule has 0 aliphatic rings. The second-order valence-corrected chi connectivity index (χ2v) is 1.84. The normalized spacial score (nSPS) is 11.9. The van der Waals surface area contributed by atoms with Crippen molar-refractivity contribution in [2.75, 3.05) is 6.54 Å². The summed E-state index contributed by atoms with van der Waals surface area (Å²) in [5.74, 6) is 2.31. The standard InChI is InChI=1S/C7H8ClN/c1-3-5-7(8)6-9-4-2/h1,4-5H,6H2,2H3/b7-5+,9-4?. The molecule has 0 atom stereocenters. The zero-order valence-electron chi connectivity index (χ0n) is 5.26. The molecule has 0 aliphatic heterocycles. The molecule has 0 aromatic carbocycles. The van der Waals surface area contributed by atoms with E-state index >= 15 is 0 Å². The number of terminal acetylenes is 1. The molecule has 9 heavy (non-hydrogen) atoms. The molecule has 0 rings (SSSR count). The van der Waals surface area contributed by atoms with Crippen LogP contribution in [0.3, 0.4) is 0 Å². The first-order valence-corrected chi connectivity index (χ1v) is 2.94. The van der Waals surface area contributed by atoms with Gasteiger partial charge in [-0.15, -0.1) is 6.42 Å². The van der Waals surface area contributed by atoms with E-state index in [4.69, 9.17) is 18.0 Å². The number of allylic oxidation sites excluding steroid dienone is 1. The van der Waals surface area contributed by atoms with Crippen LogP contribution in [0.25, 0.3) is 0 Å². The zero-order chi connectivity index (χ0) is 7.11. The van der Waals surface area contributed by atoms with Crippen molar-refractivity contribution >= 4 is 17.8 Å². The van der Waals surface area contributed by atoms with E-state index < -0.39 is 0 Å². The number of hydrogen-bond donors (Lipinski definition) is 0. The molecule has 0 aromatic heterocycles. The van der Waals surface area contributed by atoms with Gasteiger partial charge < -0.3 is 0 Å². The van der Waals surface area contributed by atoms with E-state index in [9.17, 15) is 0 Å². The fraction of sp³-hybridized carbons (Fsp3) is 0.286. The Morgan fingerprint density at radius 3 is 3.00 bits per heavy atom. The minimum atomic E-state index is 0.488. The minimum absolute atomic E-state index is 0.488. The SMILES string of the molecule is C#C/C=C(/Cl)CN=CC. The quantitative estimate of drug-likeness (QED) is 0.411. The first-order valence-electron chi connectivity index (χ1n) is 2.56. The third kappa shape index (κ3) is 5.13. The van der Waals surface area contributed by atoms with E-state index in [-0.39, 0.29) is 0 Å². The van der Waals surface area contributed by atoms with Gasteiger partial charge in [0.25, 0.3) is 0 Å². The van der Waals surface area contributed by atoms with Gasteiger partial charge >= 0.3 is 0 Å². The van der Waals surface area contributed by atoms with Crippen LogP contribution in [0.1, 0.15) is 6.92 Å². The van der Waals surface area contributed by atoms with Crippen LogP contribution < -0.4 is 0 Å². The van der Waals surface area contributed by atoms with Crippen molar-refractivity contribution in [1.82, 2.24) is 0 Å². The molecule has 0 unspecified atom stereocenters. The average Bonchev–Trinajstić information content (AvgIpc) is 1.85. The van der Waals surface area contributed by atoms with E-state index in [0.717, 1.165) is 0 Å². The lowest BCUT2D eigenvalue weighted by molar-refractivity contribution is 1.23. The molecule has 0 N–H and O–H groups in total. The van der Waals surface area contributed by atoms with E-state index in [1.807, 2.05) is 6.92 Å². The Labute approximate surface area is 60.4 Å². The van der Waals surface area contributed by atoms with Gasteiger partial charge in [-0.2, -0.15) is 0 Å².